The number of carbonyl (C=O) groups is 1. The SMILES string of the molecule is CCCCNC(=O)COc1ccc(CN)cc1F. The third-order valence-corrected chi connectivity index (χ3v) is 2.44. The van der Waals surface area contributed by atoms with Crippen molar-refractivity contribution in [3.8, 4) is 5.75 Å². The van der Waals surface area contributed by atoms with Gasteiger partial charge in [-0.25, -0.2) is 4.39 Å². The minimum Gasteiger partial charge on any atom is -0.481 e. The molecule has 0 bridgehead atoms. The molecule has 0 fully saturated rings. The molecule has 0 unspecified atom stereocenters. The van der Waals surface area contributed by atoms with Crippen LogP contribution < -0.4 is 15.8 Å². The van der Waals surface area contributed by atoms with Crippen molar-refractivity contribution in [3.63, 3.8) is 0 Å². The van der Waals surface area contributed by atoms with Gasteiger partial charge >= 0.3 is 0 Å². The third kappa shape index (κ3) is 4.71. The predicted molar refractivity (Wildman–Crippen MR) is 67.7 cm³/mol. The molecule has 0 aliphatic rings. The van der Waals surface area contributed by atoms with Crippen molar-refractivity contribution in [2.24, 2.45) is 5.73 Å². The van der Waals surface area contributed by atoms with Crippen molar-refractivity contribution in [3.05, 3.63) is 29.6 Å². The van der Waals surface area contributed by atoms with E-state index in [0.717, 1.165) is 12.8 Å². The average molecular weight is 254 g/mol. The second-order valence-electron chi connectivity index (χ2n) is 3.96. The molecule has 1 aromatic carbocycles. The first kappa shape index (κ1) is 14.4. The van der Waals surface area contributed by atoms with Gasteiger partial charge < -0.3 is 15.8 Å². The smallest absolute Gasteiger partial charge is 0.257 e. The van der Waals surface area contributed by atoms with Gasteiger partial charge in [0.15, 0.2) is 18.2 Å². The highest BCUT2D eigenvalue weighted by atomic mass is 19.1. The van der Waals surface area contributed by atoms with Crippen LogP contribution in [-0.4, -0.2) is 19.1 Å². The summed E-state index contributed by atoms with van der Waals surface area (Å²) in [5, 5.41) is 2.69. The van der Waals surface area contributed by atoms with E-state index in [0.29, 0.717) is 12.1 Å². The summed E-state index contributed by atoms with van der Waals surface area (Å²) in [5.41, 5.74) is 6.07. The van der Waals surface area contributed by atoms with Crippen LogP contribution in [0.4, 0.5) is 4.39 Å². The van der Waals surface area contributed by atoms with Crippen molar-refractivity contribution >= 4 is 5.91 Å². The number of benzene rings is 1. The lowest BCUT2D eigenvalue weighted by molar-refractivity contribution is -0.123. The number of unbranched alkanes of at least 4 members (excludes halogenated alkanes) is 1. The molecule has 0 atom stereocenters. The maximum atomic E-state index is 13.5. The van der Waals surface area contributed by atoms with E-state index in [-0.39, 0.29) is 24.8 Å². The van der Waals surface area contributed by atoms with E-state index in [1.807, 2.05) is 6.92 Å². The van der Waals surface area contributed by atoms with Gasteiger partial charge in [-0.05, 0) is 24.1 Å². The molecule has 0 saturated carbocycles. The molecule has 0 aromatic heterocycles. The highest BCUT2D eigenvalue weighted by molar-refractivity contribution is 5.77. The molecule has 4 nitrogen and oxygen atoms in total. The van der Waals surface area contributed by atoms with Crippen LogP contribution in [-0.2, 0) is 11.3 Å². The number of halogens is 1. The largest absolute Gasteiger partial charge is 0.481 e. The van der Waals surface area contributed by atoms with Crippen molar-refractivity contribution in [2.75, 3.05) is 13.2 Å². The zero-order valence-corrected chi connectivity index (χ0v) is 10.5. The fraction of sp³-hybridized carbons (Fsp3) is 0.462. The summed E-state index contributed by atoms with van der Waals surface area (Å²) in [6.45, 7) is 2.75. The Hall–Kier alpha value is -1.62. The Bertz CT molecular complexity index is 397. The van der Waals surface area contributed by atoms with Crippen molar-refractivity contribution in [1.29, 1.82) is 0 Å². The maximum Gasteiger partial charge on any atom is 0.257 e. The van der Waals surface area contributed by atoms with E-state index < -0.39 is 5.82 Å². The van der Waals surface area contributed by atoms with Crippen LogP contribution in [0.5, 0.6) is 5.75 Å². The van der Waals surface area contributed by atoms with Gasteiger partial charge in [-0.3, -0.25) is 4.79 Å². The van der Waals surface area contributed by atoms with E-state index in [4.69, 9.17) is 10.5 Å². The molecular weight excluding hydrogens is 235 g/mol. The number of nitrogens with one attached hydrogen (secondary N) is 1. The number of ether oxygens (including phenoxy) is 1. The van der Waals surface area contributed by atoms with Gasteiger partial charge in [0, 0.05) is 13.1 Å². The van der Waals surface area contributed by atoms with Crippen LogP contribution in [0.25, 0.3) is 0 Å². The van der Waals surface area contributed by atoms with Crippen LogP contribution in [0.15, 0.2) is 18.2 Å². The molecule has 100 valence electrons. The lowest BCUT2D eigenvalue weighted by Gasteiger charge is -2.08. The quantitative estimate of drug-likeness (QED) is 0.726. The van der Waals surface area contributed by atoms with Crippen LogP contribution in [0.2, 0.25) is 0 Å². The lowest BCUT2D eigenvalue weighted by atomic mass is 10.2. The Balaban J connectivity index is 2.41. The highest BCUT2D eigenvalue weighted by Gasteiger charge is 2.07. The Morgan fingerprint density at radius 3 is 2.89 bits per heavy atom. The summed E-state index contributed by atoms with van der Waals surface area (Å²) in [5.74, 6) is -0.678. The summed E-state index contributed by atoms with van der Waals surface area (Å²) in [4.78, 5) is 11.3. The Kier molecular flexibility index (Phi) is 6.14. The van der Waals surface area contributed by atoms with Crippen molar-refractivity contribution < 1.29 is 13.9 Å². The number of hydrogen-bond acceptors (Lipinski definition) is 3. The molecular formula is C13H19FN2O2. The van der Waals surface area contributed by atoms with E-state index in [1.165, 1.54) is 12.1 Å². The Labute approximate surface area is 106 Å². The van der Waals surface area contributed by atoms with Gasteiger partial charge in [-0.15, -0.1) is 0 Å². The van der Waals surface area contributed by atoms with E-state index in [9.17, 15) is 9.18 Å². The first-order valence-electron chi connectivity index (χ1n) is 6.05. The number of nitrogens with two attached hydrogens (primary N) is 1. The van der Waals surface area contributed by atoms with Crippen LogP contribution in [0.3, 0.4) is 0 Å². The third-order valence-electron chi connectivity index (χ3n) is 2.44. The minimum atomic E-state index is -0.501. The maximum absolute atomic E-state index is 13.5. The Morgan fingerprint density at radius 1 is 1.50 bits per heavy atom. The molecule has 0 aliphatic heterocycles. The molecule has 0 spiro atoms. The number of amides is 1. The normalized spacial score (nSPS) is 10.2. The zero-order chi connectivity index (χ0) is 13.4. The van der Waals surface area contributed by atoms with Gasteiger partial charge in [0.05, 0.1) is 0 Å². The Morgan fingerprint density at radius 2 is 2.28 bits per heavy atom. The van der Waals surface area contributed by atoms with Crippen LogP contribution in [0, 0.1) is 5.82 Å². The van der Waals surface area contributed by atoms with Gasteiger partial charge in [-0.1, -0.05) is 19.4 Å². The van der Waals surface area contributed by atoms with Gasteiger partial charge in [-0.2, -0.15) is 0 Å². The molecule has 0 saturated heterocycles. The molecule has 5 heteroatoms. The summed E-state index contributed by atoms with van der Waals surface area (Å²) in [6, 6.07) is 4.47. The number of rotatable bonds is 7. The number of hydrogen-bond donors (Lipinski definition) is 2. The first-order chi connectivity index (χ1) is 8.67. The fourth-order valence-corrected chi connectivity index (χ4v) is 1.39. The summed E-state index contributed by atoms with van der Waals surface area (Å²) < 4.78 is 18.6. The standard InChI is InChI=1S/C13H19FN2O2/c1-2-3-6-16-13(17)9-18-12-5-4-10(8-15)7-11(12)14/h4-5,7H,2-3,6,8-9,15H2,1H3,(H,16,17). The molecule has 1 amide bonds. The van der Waals surface area contributed by atoms with E-state index in [2.05, 4.69) is 5.32 Å². The van der Waals surface area contributed by atoms with Crippen molar-refractivity contribution in [2.45, 2.75) is 26.3 Å². The molecule has 1 aromatic rings. The van der Waals surface area contributed by atoms with Crippen molar-refractivity contribution in [1.82, 2.24) is 5.32 Å². The minimum absolute atomic E-state index is 0.0674. The molecule has 0 heterocycles. The molecule has 0 aliphatic carbocycles. The van der Waals surface area contributed by atoms with E-state index in [1.54, 1.807) is 6.07 Å². The van der Waals surface area contributed by atoms with Gasteiger partial charge in [0.25, 0.3) is 5.91 Å². The molecule has 0 radical (unpaired) electrons. The highest BCUT2D eigenvalue weighted by Crippen LogP contribution is 2.17. The predicted octanol–water partition coefficient (Wildman–Crippen LogP) is 1.58. The second kappa shape index (κ2) is 7.66. The average Bonchev–Trinajstić information content (AvgIpc) is 2.37. The van der Waals surface area contributed by atoms with Crippen LogP contribution >= 0.6 is 0 Å². The zero-order valence-electron chi connectivity index (χ0n) is 10.5. The summed E-state index contributed by atoms with van der Waals surface area (Å²) in [7, 11) is 0. The van der Waals surface area contributed by atoms with E-state index >= 15 is 0 Å². The summed E-state index contributed by atoms with van der Waals surface area (Å²) >= 11 is 0. The second-order valence-corrected chi connectivity index (χ2v) is 3.96. The first-order valence-corrected chi connectivity index (χ1v) is 6.05. The molecule has 3 N–H and O–H groups in total. The fourth-order valence-electron chi connectivity index (χ4n) is 1.39. The lowest BCUT2D eigenvalue weighted by Crippen LogP contribution is -2.29. The topological polar surface area (TPSA) is 64.3 Å². The number of carbonyl (C=O) groups excluding carboxylic acids is 1. The monoisotopic (exact) mass is 254 g/mol. The summed E-state index contributed by atoms with van der Waals surface area (Å²) in [6.07, 6.45) is 1.93. The van der Waals surface area contributed by atoms with Gasteiger partial charge in [0.2, 0.25) is 0 Å². The van der Waals surface area contributed by atoms with Gasteiger partial charge in [0.1, 0.15) is 0 Å². The molecule has 1 rings (SSSR count). The molecule has 18 heavy (non-hydrogen) atoms. The van der Waals surface area contributed by atoms with Crippen LogP contribution in [0.1, 0.15) is 25.3 Å².